The quantitative estimate of drug-likeness (QED) is 0.657. The molecule has 158 valence electrons. The summed E-state index contributed by atoms with van der Waals surface area (Å²) in [6, 6.07) is 0. The molecule has 4 rings (SSSR count). The molecule has 5 nitrogen and oxygen atoms in total. The monoisotopic (exact) mass is 400 g/mol. The SMILES string of the molecule is CC(=O)[C@H]1[C@H](O)C[C@@]2(C)[C@@H]3CC=C4[C@@H](C=C(O)C(=O)C4(C)C)[C@]3(C)C(=O)C[C@]12C. The van der Waals surface area contributed by atoms with Gasteiger partial charge < -0.3 is 10.2 Å². The Bertz CT molecular complexity index is 895. The molecule has 29 heavy (non-hydrogen) atoms. The molecule has 2 saturated carbocycles. The van der Waals surface area contributed by atoms with Gasteiger partial charge in [-0.2, -0.15) is 0 Å². The van der Waals surface area contributed by atoms with Crippen molar-refractivity contribution in [3.05, 3.63) is 23.5 Å². The number of fused-ring (bicyclic) bond motifs is 5. The van der Waals surface area contributed by atoms with Crippen LogP contribution in [0.25, 0.3) is 0 Å². The zero-order chi connectivity index (χ0) is 21.7. The van der Waals surface area contributed by atoms with Gasteiger partial charge >= 0.3 is 0 Å². The second-order valence-corrected chi connectivity index (χ2v) is 11.0. The van der Waals surface area contributed by atoms with Gasteiger partial charge in [0.2, 0.25) is 5.78 Å². The first-order valence-corrected chi connectivity index (χ1v) is 10.6. The van der Waals surface area contributed by atoms with Gasteiger partial charge in [-0.25, -0.2) is 0 Å². The number of hydrogen-bond acceptors (Lipinski definition) is 5. The van der Waals surface area contributed by atoms with Crippen molar-refractivity contribution in [2.24, 2.45) is 39.4 Å². The third-order valence-corrected chi connectivity index (χ3v) is 9.47. The third-order valence-electron chi connectivity index (χ3n) is 9.47. The maximum absolute atomic E-state index is 13.8. The molecule has 5 heteroatoms. The zero-order valence-corrected chi connectivity index (χ0v) is 18.2. The Labute approximate surface area is 172 Å². The molecule has 4 aliphatic rings. The molecule has 2 fully saturated rings. The molecule has 0 aromatic rings. The second-order valence-electron chi connectivity index (χ2n) is 11.0. The van der Waals surface area contributed by atoms with Crippen LogP contribution >= 0.6 is 0 Å². The first-order chi connectivity index (χ1) is 13.2. The van der Waals surface area contributed by atoms with Crippen molar-refractivity contribution in [3.63, 3.8) is 0 Å². The number of Topliss-reactive ketones (excluding diaryl/α,β-unsaturated/α-hetero) is 3. The third kappa shape index (κ3) is 2.17. The molecule has 0 aromatic carbocycles. The van der Waals surface area contributed by atoms with Crippen molar-refractivity contribution in [1.29, 1.82) is 0 Å². The van der Waals surface area contributed by atoms with Crippen LogP contribution in [-0.4, -0.2) is 33.7 Å². The Hall–Kier alpha value is -1.75. The van der Waals surface area contributed by atoms with E-state index < -0.39 is 33.7 Å². The van der Waals surface area contributed by atoms with E-state index in [1.165, 1.54) is 6.92 Å². The van der Waals surface area contributed by atoms with E-state index in [0.29, 0.717) is 12.8 Å². The summed E-state index contributed by atoms with van der Waals surface area (Å²) < 4.78 is 0. The summed E-state index contributed by atoms with van der Waals surface area (Å²) in [5.41, 5.74) is -1.73. The van der Waals surface area contributed by atoms with E-state index in [-0.39, 0.29) is 41.4 Å². The summed E-state index contributed by atoms with van der Waals surface area (Å²) >= 11 is 0. The molecule has 0 aliphatic heterocycles. The Balaban J connectivity index is 1.91. The van der Waals surface area contributed by atoms with Crippen LogP contribution in [0.15, 0.2) is 23.5 Å². The average molecular weight is 401 g/mol. The molecule has 0 aromatic heterocycles. The van der Waals surface area contributed by atoms with E-state index in [2.05, 4.69) is 13.0 Å². The van der Waals surface area contributed by atoms with Gasteiger partial charge in [-0.15, -0.1) is 0 Å². The van der Waals surface area contributed by atoms with Crippen molar-refractivity contribution in [3.8, 4) is 0 Å². The molecular formula is C24H32O5. The number of allylic oxidation sites excluding steroid dienone is 4. The summed E-state index contributed by atoms with van der Waals surface area (Å²) in [6.45, 7) is 11.2. The van der Waals surface area contributed by atoms with Gasteiger partial charge in [0.1, 0.15) is 11.6 Å². The van der Waals surface area contributed by atoms with E-state index in [0.717, 1.165) is 5.57 Å². The maximum Gasteiger partial charge on any atom is 0.206 e. The van der Waals surface area contributed by atoms with Crippen molar-refractivity contribution in [1.82, 2.24) is 0 Å². The van der Waals surface area contributed by atoms with Crippen molar-refractivity contribution in [2.45, 2.75) is 66.9 Å². The van der Waals surface area contributed by atoms with Crippen LogP contribution in [0.1, 0.15) is 60.8 Å². The fourth-order valence-corrected chi connectivity index (χ4v) is 7.70. The molecule has 0 spiro atoms. The van der Waals surface area contributed by atoms with E-state index >= 15 is 0 Å². The van der Waals surface area contributed by atoms with Gasteiger partial charge in [-0.05, 0) is 56.4 Å². The van der Waals surface area contributed by atoms with Crippen LogP contribution in [0.5, 0.6) is 0 Å². The smallest absolute Gasteiger partial charge is 0.206 e. The minimum atomic E-state index is -0.851. The van der Waals surface area contributed by atoms with Gasteiger partial charge in [-0.1, -0.05) is 32.4 Å². The fraction of sp³-hybridized carbons (Fsp3) is 0.708. The van der Waals surface area contributed by atoms with E-state index in [1.807, 2.05) is 27.7 Å². The molecular weight excluding hydrogens is 368 g/mol. The van der Waals surface area contributed by atoms with Gasteiger partial charge in [0, 0.05) is 23.7 Å². The summed E-state index contributed by atoms with van der Waals surface area (Å²) in [5, 5.41) is 21.2. The summed E-state index contributed by atoms with van der Waals surface area (Å²) in [4.78, 5) is 38.8. The predicted octanol–water partition coefficient (Wildman–Crippen LogP) is 3.56. The van der Waals surface area contributed by atoms with Crippen LogP contribution in [0.2, 0.25) is 0 Å². The zero-order valence-electron chi connectivity index (χ0n) is 18.2. The normalized spacial score (nSPS) is 48.2. The molecule has 0 bridgehead atoms. The average Bonchev–Trinajstić information content (AvgIpc) is 2.79. The lowest BCUT2D eigenvalue weighted by atomic mass is 9.39. The van der Waals surface area contributed by atoms with Crippen LogP contribution in [0.3, 0.4) is 0 Å². The molecule has 0 heterocycles. The molecule has 2 N–H and O–H groups in total. The van der Waals surface area contributed by atoms with Crippen LogP contribution in [-0.2, 0) is 14.4 Å². The topological polar surface area (TPSA) is 91.7 Å². The Morgan fingerprint density at radius 1 is 1.10 bits per heavy atom. The second kappa shape index (κ2) is 5.69. The molecule has 0 radical (unpaired) electrons. The summed E-state index contributed by atoms with van der Waals surface area (Å²) in [7, 11) is 0. The highest BCUT2D eigenvalue weighted by molar-refractivity contribution is 6.02. The van der Waals surface area contributed by atoms with Gasteiger partial charge in [0.15, 0.2) is 5.76 Å². The summed E-state index contributed by atoms with van der Waals surface area (Å²) in [5.74, 6) is -1.55. The van der Waals surface area contributed by atoms with Crippen molar-refractivity contribution < 1.29 is 24.6 Å². The lowest BCUT2D eigenvalue weighted by Crippen LogP contribution is -2.62. The Morgan fingerprint density at radius 2 is 1.72 bits per heavy atom. The number of aliphatic hydroxyl groups excluding tert-OH is 2. The van der Waals surface area contributed by atoms with E-state index in [4.69, 9.17) is 0 Å². The minimum Gasteiger partial charge on any atom is -0.505 e. The molecule has 0 amide bonds. The lowest BCUT2D eigenvalue weighted by Gasteiger charge is -2.62. The maximum atomic E-state index is 13.8. The lowest BCUT2D eigenvalue weighted by molar-refractivity contribution is -0.166. The number of rotatable bonds is 1. The summed E-state index contributed by atoms with van der Waals surface area (Å²) in [6.07, 6.45) is 4.23. The highest BCUT2D eigenvalue weighted by atomic mass is 16.3. The molecule has 0 unspecified atom stereocenters. The number of ketones is 3. The number of carbonyl (C=O) groups is 3. The predicted molar refractivity (Wildman–Crippen MR) is 108 cm³/mol. The van der Waals surface area contributed by atoms with Gasteiger partial charge in [-0.3, -0.25) is 14.4 Å². The Kier molecular flexibility index (Phi) is 4.02. The van der Waals surface area contributed by atoms with Crippen molar-refractivity contribution >= 4 is 17.3 Å². The van der Waals surface area contributed by atoms with Crippen LogP contribution < -0.4 is 0 Å². The van der Waals surface area contributed by atoms with E-state index in [9.17, 15) is 24.6 Å². The first-order valence-electron chi connectivity index (χ1n) is 10.6. The fourth-order valence-electron chi connectivity index (χ4n) is 7.70. The molecule has 7 atom stereocenters. The van der Waals surface area contributed by atoms with E-state index in [1.54, 1.807) is 6.08 Å². The standard InChI is InChI=1S/C24H32O5/c1-12(25)19-16(27)10-22(4)17-8-7-13-14(9-15(26)20(29)21(13,2)3)24(17,6)18(28)11-23(19,22)5/h7,9,14,16-17,19,26-27H,8,10-11H2,1-6H3/t14-,16-,17+,19+,22+,23-,24+/m1/s1. The number of hydrogen-bond donors (Lipinski definition) is 2. The highest BCUT2D eigenvalue weighted by Crippen LogP contribution is 2.72. The highest BCUT2D eigenvalue weighted by Gasteiger charge is 2.72. The molecule has 0 saturated heterocycles. The number of aliphatic hydroxyl groups is 2. The van der Waals surface area contributed by atoms with Crippen LogP contribution in [0, 0.1) is 39.4 Å². The minimum absolute atomic E-state index is 0.0610. The van der Waals surface area contributed by atoms with Gasteiger partial charge in [0.05, 0.1) is 11.5 Å². The largest absolute Gasteiger partial charge is 0.505 e. The van der Waals surface area contributed by atoms with Crippen molar-refractivity contribution in [2.75, 3.05) is 0 Å². The molecule has 4 aliphatic carbocycles. The first kappa shape index (κ1) is 20.5. The van der Waals surface area contributed by atoms with Gasteiger partial charge in [0.25, 0.3) is 0 Å². The van der Waals surface area contributed by atoms with Crippen LogP contribution in [0.4, 0.5) is 0 Å². The Morgan fingerprint density at radius 3 is 2.31 bits per heavy atom. The number of carbonyl (C=O) groups excluding carboxylic acids is 3.